The van der Waals surface area contributed by atoms with E-state index in [-0.39, 0.29) is 17.8 Å². The Kier molecular flexibility index (Phi) is 5.09. The van der Waals surface area contributed by atoms with Crippen LogP contribution in [0.2, 0.25) is 5.02 Å². The van der Waals surface area contributed by atoms with Crippen molar-refractivity contribution in [3.8, 4) is 11.3 Å². The van der Waals surface area contributed by atoms with E-state index in [1.807, 2.05) is 29.6 Å². The normalized spacial score (nSPS) is 16.5. The standard InChI is InChI=1S/C20H17ClFN3OS/c21-14-5-9-16(10-6-14)25-11-1-2-18(25)19(26)24-20-23-17(12-27-20)13-3-7-15(22)8-4-13/h3-10,12,18H,1-2,11H2,(H,23,24,26). The minimum absolute atomic E-state index is 0.0672. The van der Waals surface area contributed by atoms with Crippen molar-refractivity contribution in [2.75, 3.05) is 16.8 Å². The average molecular weight is 402 g/mol. The molecule has 0 bridgehead atoms. The van der Waals surface area contributed by atoms with Crippen molar-refractivity contribution in [2.24, 2.45) is 0 Å². The van der Waals surface area contributed by atoms with Gasteiger partial charge in [0.15, 0.2) is 5.13 Å². The van der Waals surface area contributed by atoms with Crippen LogP contribution in [0.3, 0.4) is 0 Å². The molecule has 3 aromatic rings. The van der Waals surface area contributed by atoms with Crippen LogP contribution in [0.15, 0.2) is 53.9 Å². The molecule has 4 nitrogen and oxygen atoms in total. The molecule has 0 spiro atoms. The minimum atomic E-state index is -0.286. The van der Waals surface area contributed by atoms with Crippen LogP contribution in [0.4, 0.5) is 15.2 Å². The summed E-state index contributed by atoms with van der Waals surface area (Å²) >= 11 is 7.32. The molecule has 138 valence electrons. The second-order valence-corrected chi connectivity index (χ2v) is 7.66. The van der Waals surface area contributed by atoms with Crippen LogP contribution in [0, 0.1) is 5.82 Å². The summed E-state index contributed by atoms with van der Waals surface area (Å²) in [6.45, 7) is 0.832. The molecule has 1 aliphatic rings. The molecule has 1 atom stereocenters. The summed E-state index contributed by atoms with van der Waals surface area (Å²) in [7, 11) is 0. The second-order valence-electron chi connectivity index (χ2n) is 6.36. The van der Waals surface area contributed by atoms with Gasteiger partial charge in [0.05, 0.1) is 5.69 Å². The highest BCUT2D eigenvalue weighted by atomic mass is 35.5. The summed E-state index contributed by atoms with van der Waals surface area (Å²) in [4.78, 5) is 19.4. The number of carbonyl (C=O) groups is 1. The highest BCUT2D eigenvalue weighted by Gasteiger charge is 2.31. The third-order valence-corrected chi connectivity index (χ3v) is 5.60. The maximum absolute atomic E-state index is 13.1. The largest absolute Gasteiger partial charge is 0.360 e. The number of thiazole rings is 1. The molecule has 1 aromatic heterocycles. The fraction of sp³-hybridized carbons (Fsp3) is 0.200. The molecular formula is C20H17ClFN3OS. The second kappa shape index (κ2) is 7.66. The summed E-state index contributed by atoms with van der Waals surface area (Å²) in [6, 6.07) is 13.5. The van der Waals surface area contributed by atoms with E-state index in [4.69, 9.17) is 11.6 Å². The number of halogens is 2. The number of carbonyl (C=O) groups excluding carboxylic acids is 1. The number of rotatable bonds is 4. The first-order chi connectivity index (χ1) is 13.1. The quantitative estimate of drug-likeness (QED) is 0.652. The Balaban J connectivity index is 1.47. The van der Waals surface area contributed by atoms with E-state index < -0.39 is 0 Å². The van der Waals surface area contributed by atoms with Gasteiger partial charge in [0, 0.05) is 28.2 Å². The SMILES string of the molecule is O=C(Nc1nc(-c2ccc(F)cc2)cs1)C1CCCN1c1ccc(Cl)cc1. The van der Waals surface area contributed by atoms with Gasteiger partial charge in [-0.05, 0) is 61.4 Å². The average Bonchev–Trinajstić information content (AvgIpc) is 3.33. The van der Waals surface area contributed by atoms with Gasteiger partial charge in [-0.2, -0.15) is 0 Å². The molecule has 27 heavy (non-hydrogen) atoms. The Labute approximate surface area is 165 Å². The van der Waals surface area contributed by atoms with Gasteiger partial charge in [0.1, 0.15) is 11.9 Å². The molecule has 1 saturated heterocycles. The van der Waals surface area contributed by atoms with Gasteiger partial charge in [-0.3, -0.25) is 4.79 Å². The molecule has 1 fully saturated rings. The van der Waals surface area contributed by atoms with Crippen molar-refractivity contribution in [3.63, 3.8) is 0 Å². The predicted octanol–water partition coefficient (Wildman–Crippen LogP) is 5.21. The third kappa shape index (κ3) is 3.96. The lowest BCUT2D eigenvalue weighted by molar-refractivity contribution is -0.117. The van der Waals surface area contributed by atoms with E-state index in [1.54, 1.807) is 12.1 Å². The lowest BCUT2D eigenvalue weighted by Crippen LogP contribution is -2.39. The number of aromatic nitrogens is 1. The number of nitrogens with one attached hydrogen (secondary N) is 1. The summed E-state index contributed by atoms with van der Waals surface area (Å²) in [6.07, 6.45) is 1.75. The molecule has 0 saturated carbocycles. The fourth-order valence-corrected chi connectivity index (χ4v) is 4.10. The first-order valence-electron chi connectivity index (χ1n) is 8.65. The van der Waals surface area contributed by atoms with Crippen LogP contribution in [0.1, 0.15) is 12.8 Å². The third-order valence-electron chi connectivity index (χ3n) is 4.59. The van der Waals surface area contributed by atoms with Crippen LogP contribution in [0.25, 0.3) is 11.3 Å². The number of anilines is 2. The molecule has 2 aromatic carbocycles. The number of benzene rings is 2. The minimum Gasteiger partial charge on any atom is -0.360 e. The first kappa shape index (κ1) is 17.9. The van der Waals surface area contributed by atoms with Gasteiger partial charge in [-0.25, -0.2) is 9.37 Å². The zero-order chi connectivity index (χ0) is 18.8. The molecule has 7 heteroatoms. The van der Waals surface area contributed by atoms with Gasteiger partial charge in [-0.1, -0.05) is 11.6 Å². The highest BCUT2D eigenvalue weighted by Crippen LogP contribution is 2.29. The van der Waals surface area contributed by atoms with E-state index in [0.717, 1.165) is 36.3 Å². The van der Waals surface area contributed by atoms with E-state index >= 15 is 0 Å². The molecule has 2 heterocycles. The fourth-order valence-electron chi connectivity index (χ4n) is 3.25. The van der Waals surface area contributed by atoms with Crippen molar-refractivity contribution in [1.82, 2.24) is 4.98 Å². The van der Waals surface area contributed by atoms with Gasteiger partial charge in [-0.15, -0.1) is 11.3 Å². The lowest BCUT2D eigenvalue weighted by atomic mass is 10.2. The summed E-state index contributed by atoms with van der Waals surface area (Å²) < 4.78 is 13.1. The molecule has 0 radical (unpaired) electrons. The zero-order valence-electron chi connectivity index (χ0n) is 14.4. The topological polar surface area (TPSA) is 45.2 Å². The molecular weight excluding hydrogens is 385 g/mol. The monoisotopic (exact) mass is 401 g/mol. The smallest absolute Gasteiger partial charge is 0.248 e. The molecule has 4 rings (SSSR count). The Morgan fingerprint density at radius 1 is 1.19 bits per heavy atom. The maximum atomic E-state index is 13.1. The Hall–Kier alpha value is -2.44. The van der Waals surface area contributed by atoms with Crippen LogP contribution >= 0.6 is 22.9 Å². The van der Waals surface area contributed by atoms with E-state index in [2.05, 4.69) is 15.2 Å². The lowest BCUT2D eigenvalue weighted by Gasteiger charge is -2.25. The maximum Gasteiger partial charge on any atom is 0.248 e. The van der Waals surface area contributed by atoms with Crippen molar-refractivity contribution < 1.29 is 9.18 Å². The van der Waals surface area contributed by atoms with Gasteiger partial charge >= 0.3 is 0 Å². The van der Waals surface area contributed by atoms with E-state index in [1.165, 1.54) is 23.5 Å². The molecule has 1 unspecified atom stereocenters. The Morgan fingerprint density at radius 3 is 2.67 bits per heavy atom. The summed E-state index contributed by atoms with van der Waals surface area (Å²) in [5.41, 5.74) is 2.52. The Morgan fingerprint density at radius 2 is 1.93 bits per heavy atom. The predicted molar refractivity (Wildman–Crippen MR) is 108 cm³/mol. The number of amides is 1. The number of nitrogens with zero attached hydrogens (tertiary/aromatic N) is 2. The summed E-state index contributed by atoms with van der Waals surface area (Å²) in [5.74, 6) is -0.353. The van der Waals surface area contributed by atoms with Gasteiger partial charge < -0.3 is 10.2 Å². The Bertz CT molecular complexity index is 943. The number of hydrogen-bond acceptors (Lipinski definition) is 4. The van der Waals surface area contributed by atoms with Gasteiger partial charge in [0.2, 0.25) is 5.91 Å². The van der Waals surface area contributed by atoms with Crippen LogP contribution in [0.5, 0.6) is 0 Å². The molecule has 0 aliphatic carbocycles. The molecule has 1 aliphatic heterocycles. The highest BCUT2D eigenvalue weighted by molar-refractivity contribution is 7.14. The summed E-state index contributed by atoms with van der Waals surface area (Å²) in [5, 5.41) is 6.00. The van der Waals surface area contributed by atoms with E-state index in [0.29, 0.717) is 10.2 Å². The van der Waals surface area contributed by atoms with Crippen molar-refractivity contribution in [1.29, 1.82) is 0 Å². The van der Waals surface area contributed by atoms with Crippen LogP contribution in [-0.4, -0.2) is 23.5 Å². The molecule has 1 N–H and O–H groups in total. The zero-order valence-corrected chi connectivity index (χ0v) is 15.9. The van der Waals surface area contributed by atoms with Crippen LogP contribution < -0.4 is 10.2 Å². The van der Waals surface area contributed by atoms with Crippen molar-refractivity contribution in [3.05, 3.63) is 64.8 Å². The van der Waals surface area contributed by atoms with Crippen molar-refractivity contribution in [2.45, 2.75) is 18.9 Å². The molecule has 1 amide bonds. The first-order valence-corrected chi connectivity index (χ1v) is 9.90. The van der Waals surface area contributed by atoms with Crippen molar-refractivity contribution >= 4 is 39.7 Å². The van der Waals surface area contributed by atoms with Gasteiger partial charge in [0.25, 0.3) is 0 Å². The van der Waals surface area contributed by atoms with Crippen LogP contribution in [-0.2, 0) is 4.79 Å². The number of hydrogen-bond donors (Lipinski definition) is 1. The van der Waals surface area contributed by atoms with E-state index in [9.17, 15) is 9.18 Å².